The maximum Gasteiger partial charge on any atom is 0.230 e. The fourth-order valence-electron chi connectivity index (χ4n) is 1.68. The number of thioether (sulfide) groups is 1. The molecular weight excluding hydrogens is 314 g/mol. The number of hydrogen-bond donors (Lipinski definition) is 1. The molecule has 0 radical (unpaired) electrons. The first-order valence-electron chi connectivity index (χ1n) is 6.31. The van der Waals surface area contributed by atoms with E-state index >= 15 is 0 Å². The summed E-state index contributed by atoms with van der Waals surface area (Å²) in [5.74, 6) is -1.11. The van der Waals surface area contributed by atoms with Gasteiger partial charge in [0.15, 0.2) is 4.34 Å². The fraction of sp³-hybridized carbons (Fsp3) is 0.286. The average Bonchev–Trinajstić information content (AvgIpc) is 2.85. The number of carbonyl (C=O) groups is 1. The van der Waals surface area contributed by atoms with Crippen LogP contribution in [-0.4, -0.2) is 23.2 Å². The third-order valence-corrected chi connectivity index (χ3v) is 4.82. The summed E-state index contributed by atoms with van der Waals surface area (Å²) in [7, 11) is 0. The summed E-state index contributed by atoms with van der Waals surface area (Å²) in [5, 5.41) is 4.56. The van der Waals surface area contributed by atoms with Crippen molar-refractivity contribution in [1.82, 2.24) is 10.3 Å². The van der Waals surface area contributed by atoms with Crippen molar-refractivity contribution in [1.29, 1.82) is 0 Å². The van der Waals surface area contributed by atoms with Crippen molar-refractivity contribution in [2.45, 2.75) is 17.7 Å². The van der Waals surface area contributed by atoms with E-state index in [9.17, 15) is 13.6 Å². The first-order valence-corrected chi connectivity index (χ1v) is 8.17. The maximum atomic E-state index is 13.4. The normalized spacial score (nSPS) is 10.6. The molecule has 0 aliphatic carbocycles. The van der Waals surface area contributed by atoms with Crippen molar-refractivity contribution in [2.24, 2.45) is 0 Å². The fourth-order valence-corrected chi connectivity index (χ4v) is 3.35. The molecular formula is C14H14F2N2OS2. The highest BCUT2D eigenvalue weighted by molar-refractivity contribution is 8.01. The predicted molar refractivity (Wildman–Crippen MR) is 80.6 cm³/mol. The monoisotopic (exact) mass is 328 g/mol. The van der Waals surface area contributed by atoms with Gasteiger partial charge < -0.3 is 5.32 Å². The Hall–Kier alpha value is -1.47. The van der Waals surface area contributed by atoms with Crippen LogP contribution in [0.25, 0.3) is 0 Å². The molecule has 1 aromatic heterocycles. The van der Waals surface area contributed by atoms with Crippen molar-refractivity contribution in [3.8, 4) is 0 Å². The predicted octanol–water partition coefficient (Wildman–Crippen LogP) is 3.18. The number of aryl methyl sites for hydroxylation is 1. The van der Waals surface area contributed by atoms with Crippen LogP contribution in [0.3, 0.4) is 0 Å². The number of nitrogens with one attached hydrogen (secondary N) is 1. The van der Waals surface area contributed by atoms with E-state index in [4.69, 9.17) is 0 Å². The first kappa shape index (κ1) is 15.9. The van der Waals surface area contributed by atoms with Crippen LogP contribution in [0.1, 0.15) is 11.3 Å². The summed E-state index contributed by atoms with van der Waals surface area (Å²) < 4.78 is 27.6. The second-order valence-electron chi connectivity index (χ2n) is 4.34. The summed E-state index contributed by atoms with van der Waals surface area (Å²) >= 11 is 2.84. The molecule has 0 bridgehead atoms. The zero-order valence-electron chi connectivity index (χ0n) is 11.4. The van der Waals surface area contributed by atoms with E-state index < -0.39 is 11.6 Å². The van der Waals surface area contributed by atoms with Crippen LogP contribution in [0.4, 0.5) is 8.78 Å². The molecule has 0 fully saturated rings. The quantitative estimate of drug-likeness (QED) is 0.828. The third-order valence-electron chi connectivity index (χ3n) is 2.68. The number of carbonyl (C=O) groups excluding carboxylic acids is 1. The summed E-state index contributed by atoms with van der Waals surface area (Å²) in [6.07, 6.45) is 0.130. The second kappa shape index (κ2) is 7.51. The van der Waals surface area contributed by atoms with Crippen LogP contribution in [0.15, 0.2) is 27.9 Å². The molecule has 0 saturated heterocycles. The number of thiazole rings is 1. The first-order chi connectivity index (χ1) is 10.1. The minimum absolute atomic E-state index is 0.000927. The van der Waals surface area contributed by atoms with Crippen LogP contribution in [0.2, 0.25) is 0 Å². The van der Waals surface area contributed by atoms with Gasteiger partial charge in [0.05, 0.1) is 5.75 Å². The molecule has 1 heterocycles. The van der Waals surface area contributed by atoms with Crippen molar-refractivity contribution < 1.29 is 13.6 Å². The molecule has 0 aliphatic heterocycles. The van der Waals surface area contributed by atoms with Gasteiger partial charge in [-0.3, -0.25) is 4.79 Å². The maximum absolute atomic E-state index is 13.4. The van der Waals surface area contributed by atoms with Gasteiger partial charge in [0.2, 0.25) is 5.91 Å². The number of halogens is 2. The molecule has 112 valence electrons. The SMILES string of the molecule is Cc1csc(SCC(=O)NCCc2c(F)cccc2F)n1. The van der Waals surface area contributed by atoms with Gasteiger partial charge in [0, 0.05) is 23.2 Å². The lowest BCUT2D eigenvalue weighted by Crippen LogP contribution is -2.27. The number of benzene rings is 1. The number of aromatic nitrogens is 1. The van der Waals surface area contributed by atoms with Gasteiger partial charge in [0.1, 0.15) is 11.6 Å². The Bertz CT molecular complexity index is 611. The van der Waals surface area contributed by atoms with Crippen molar-refractivity contribution in [3.05, 3.63) is 46.5 Å². The van der Waals surface area contributed by atoms with Crippen LogP contribution < -0.4 is 5.32 Å². The van der Waals surface area contributed by atoms with Gasteiger partial charge >= 0.3 is 0 Å². The molecule has 0 aliphatic rings. The highest BCUT2D eigenvalue weighted by Crippen LogP contribution is 2.21. The Labute approximate surface area is 129 Å². The highest BCUT2D eigenvalue weighted by Gasteiger charge is 2.09. The van der Waals surface area contributed by atoms with Crippen LogP contribution in [0, 0.1) is 18.6 Å². The summed E-state index contributed by atoms with van der Waals surface area (Å²) in [6, 6.07) is 3.74. The van der Waals surface area contributed by atoms with Gasteiger partial charge in [-0.25, -0.2) is 13.8 Å². The lowest BCUT2D eigenvalue weighted by atomic mass is 10.1. The molecule has 0 spiro atoms. The van der Waals surface area contributed by atoms with Crippen molar-refractivity contribution in [2.75, 3.05) is 12.3 Å². The average molecular weight is 328 g/mol. The van der Waals surface area contributed by atoms with E-state index in [1.807, 2.05) is 12.3 Å². The zero-order chi connectivity index (χ0) is 15.2. The van der Waals surface area contributed by atoms with Gasteiger partial charge in [-0.15, -0.1) is 11.3 Å². The molecule has 7 heteroatoms. The molecule has 1 amide bonds. The molecule has 1 aromatic carbocycles. The summed E-state index contributed by atoms with van der Waals surface area (Å²) in [4.78, 5) is 15.9. The van der Waals surface area contributed by atoms with Gasteiger partial charge in [0.25, 0.3) is 0 Å². The Kier molecular flexibility index (Phi) is 5.69. The molecule has 0 atom stereocenters. The highest BCUT2D eigenvalue weighted by atomic mass is 32.2. The van der Waals surface area contributed by atoms with E-state index in [0.717, 1.165) is 10.0 Å². The minimum atomic E-state index is -0.586. The van der Waals surface area contributed by atoms with Gasteiger partial charge in [-0.1, -0.05) is 17.8 Å². The Morgan fingerprint density at radius 3 is 2.71 bits per heavy atom. The lowest BCUT2D eigenvalue weighted by Gasteiger charge is -2.06. The van der Waals surface area contributed by atoms with Crippen LogP contribution in [0.5, 0.6) is 0 Å². The van der Waals surface area contributed by atoms with E-state index in [0.29, 0.717) is 0 Å². The number of rotatable bonds is 6. The van der Waals surface area contributed by atoms with E-state index in [1.165, 1.54) is 41.3 Å². The largest absolute Gasteiger partial charge is 0.355 e. The molecule has 21 heavy (non-hydrogen) atoms. The van der Waals surface area contributed by atoms with Gasteiger partial charge in [-0.2, -0.15) is 0 Å². The Morgan fingerprint density at radius 1 is 1.38 bits per heavy atom. The molecule has 2 aromatic rings. The lowest BCUT2D eigenvalue weighted by molar-refractivity contribution is -0.118. The number of hydrogen-bond acceptors (Lipinski definition) is 4. The summed E-state index contributed by atoms with van der Waals surface area (Å²) in [5.41, 5.74) is 0.930. The topological polar surface area (TPSA) is 42.0 Å². The smallest absolute Gasteiger partial charge is 0.230 e. The van der Waals surface area contributed by atoms with E-state index in [-0.39, 0.29) is 30.2 Å². The molecule has 1 N–H and O–H groups in total. The number of amides is 1. The van der Waals surface area contributed by atoms with E-state index in [1.54, 1.807) is 0 Å². The van der Waals surface area contributed by atoms with Crippen molar-refractivity contribution >= 4 is 29.0 Å². The molecule has 0 unspecified atom stereocenters. The number of nitrogens with zero attached hydrogens (tertiary/aromatic N) is 1. The van der Waals surface area contributed by atoms with E-state index in [2.05, 4.69) is 10.3 Å². The Balaban J connectivity index is 1.74. The molecule has 2 rings (SSSR count). The minimum Gasteiger partial charge on any atom is -0.355 e. The molecule has 3 nitrogen and oxygen atoms in total. The Morgan fingerprint density at radius 2 is 2.10 bits per heavy atom. The third kappa shape index (κ3) is 4.78. The molecule has 0 saturated carbocycles. The van der Waals surface area contributed by atoms with Crippen LogP contribution in [-0.2, 0) is 11.2 Å². The van der Waals surface area contributed by atoms with Crippen LogP contribution >= 0.6 is 23.1 Å². The van der Waals surface area contributed by atoms with Gasteiger partial charge in [-0.05, 0) is 25.5 Å². The summed E-state index contributed by atoms with van der Waals surface area (Å²) in [6.45, 7) is 2.09. The standard InChI is InChI=1S/C14H14F2N2OS2/c1-9-7-20-14(18-9)21-8-13(19)17-6-5-10-11(15)3-2-4-12(10)16/h2-4,7H,5-6,8H2,1H3,(H,17,19). The van der Waals surface area contributed by atoms with Crippen molar-refractivity contribution in [3.63, 3.8) is 0 Å². The zero-order valence-corrected chi connectivity index (χ0v) is 13.0. The second-order valence-corrected chi connectivity index (χ2v) is 6.42.